The van der Waals surface area contributed by atoms with Gasteiger partial charge in [0.15, 0.2) is 0 Å². The van der Waals surface area contributed by atoms with Crippen LogP contribution in [0.3, 0.4) is 0 Å². The van der Waals surface area contributed by atoms with Gasteiger partial charge >= 0.3 is 5.97 Å². The minimum Gasteiger partial charge on any atom is -0.496 e. The molecule has 21 heavy (non-hydrogen) atoms. The smallest absolute Gasteiger partial charge is 0.303 e. The van der Waals surface area contributed by atoms with Crippen molar-refractivity contribution in [3.05, 3.63) is 30.0 Å². The lowest BCUT2D eigenvalue weighted by Gasteiger charge is -2.06. The van der Waals surface area contributed by atoms with Crippen LogP contribution in [-0.2, 0) is 16.0 Å². The van der Waals surface area contributed by atoms with Crippen LogP contribution in [0.2, 0.25) is 0 Å². The molecule has 2 rings (SSSR count). The number of amides is 1. The second kappa shape index (κ2) is 6.78. The van der Waals surface area contributed by atoms with Gasteiger partial charge in [-0.25, -0.2) is 0 Å². The monoisotopic (exact) mass is 290 g/mol. The van der Waals surface area contributed by atoms with Crippen molar-refractivity contribution in [3.63, 3.8) is 0 Å². The third kappa shape index (κ3) is 3.75. The molecule has 0 aliphatic rings. The number of benzene rings is 1. The number of carboxylic acids is 1. The van der Waals surface area contributed by atoms with Gasteiger partial charge in [0.1, 0.15) is 5.75 Å². The van der Waals surface area contributed by atoms with Crippen molar-refractivity contribution in [2.45, 2.75) is 19.3 Å². The molecule has 0 bridgehead atoms. The summed E-state index contributed by atoms with van der Waals surface area (Å²) in [5.41, 5.74) is 1.78. The molecule has 0 saturated heterocycles. The third-order valence-corrected chi connectivity index (χ3v) is 3.21. The molecule has 1 heterocycles. The van der Waals surface area contributed by atoms with E-state index in [-0.39, 0.29) is 18.7 Å². The van der Waals surface area contributed by atoms with E-state index in [2.05, 4.69) is 10.3 Å². The zero-order chi connectivity index (χ0) is 15.2. The number of hydrogen-bond donors (Lipinski definition) is 3. The van der Waals surface area contributed by atoms with Gasteiger partial charge in [-0.2, -0.15) is 0 Å². The Labute approximate surface area is 122 Å². The molecule has 0 fully saturated rings. The first-order valence-electron chi connectivity index (χ1n) is 6.73. The number of carbonyl (C=O) groups excluding carboxylic acids is 1. The van der Waals surface area contributed by atoms with Crippen molar-refractivity contribution < 1.29 is 19.4 Å². The molecule has 0 aliphatic carbocycles. The van der Waals surface area contributed by atoms with E-state index in [0.717, 1.165) is 22.2 Å². The van der Waals surface area contributed by atoms with E-state index in [1.807, 2.05) is 18.2 Å². The van der Waals surface area contributed by atoms with Crippen LogP contribution in [0, 0.1) is 0 Å². The fourth-order valence-electron chi connectivity index (χ4n) is 2.23. The molecule has 112 valence electrons. The van der Waals surface area contributed by atoms with E-state index < -0.39 is 5.97 Å². The number of rotatable bonds is 7. The number of hydrogen-bond acceptors (Lipinski definition) is 3. The van der Waals surface area contributed by atoms with Crippen LogP contribution < -0.4 is 10.1 Å². The van der Waals surface area contributed by atoms with Gasteiger partial charge in [0, 0.05) is 30.1 Å². The number of nitrogens with one attached hydrogen (secondary N) is 2. The van der Waals surface area contributed by atoms with Crippen LogP contribution in [0.1, 0.15) is 18.4 Å². The molecule has 0 radical (unpaired) electrons. The molecule has 0 saturated carbocycles. The molecule has 1 aromatic carbocycles. The number of carboxylic acid groups (broad SMARTS) is 1. The number of aromatic nitrogens is 1. The number of ether oxygens (including phenoxy) is 1. The summed E-state index contributed by atoms with van der Waals surface area (Å²) in [6, 6.07) is 5.66. The molecule has 0 unspecified atom stereocenters. The highest BCUT2D eigenvalue weighted by molar-refractivity contribution is 5.93. The number of carbonyl (C=O) groups is 2. The Morgan fingerprint density at radius 2 is 2.19 bits per heavy atom. The summed E-state index contributed by atoms with van der Waals surface area (Å²) in [6.45, 7) is 0.366. The molecule has 2 aromatic rings. The van der Waals surface area contributed by atoms with Crippen LogP contribution in [0.25, 0.3) is 10.9 Å². The lowest BCUT2D eigenvalue weighted by molar-refractivity contribution is -0.137. The molecule has 1 amide bonds. The lowest BCUT2D eigenvalue weighted by Crippen LogP contribution is -2.26. The van der Waals surface area contributed by atoms with Crippen LogP contribution in [-0.4, -0.2) is 35.6 Å². The Balaban J connectivity index is 1.99. The van der Waals surface area contributed by atoms with Gasteiger partial charge in [0.25, 0.3) is 0 Å². The summed E-state index contributed by atoms with van der Waals surface area (Å²) in [4.78, 5) is 25.4. The highest BCUT2D eigenvalue weighted by atomic mass is 16.5. The van der Waals surface area contributed by atoms with Gasteiger partial charge < -0.3 is 20.1 Å². The normalized spacial score (nSPS) is 10.5. The van der Waals surface area contributed by atoms with E-state index in [1.54, 1.807) is 13.3 Å². The minimum atomic E-state index is -0.856. The molecule has 6 heteroatoms. The van der Waals surface area contributed by atoms with Crippen LogP contribution in [0.15, 0.2) is 24.4 Å². The van der Waals surface area contributed by atoms with Crippen LogP contribution in [0.4, 0.5) is 0 Å². The van der Waals surface area contributed by atoms with Crippen LogP contribution >= 0.6 is 0 Å². The molecular weight excluding hydrogens is 272 g/mol. The zero-order valence-electron chi connectivity index (χ0n) is 11.8. The van der Waals surface area contributed by atoms with Crippen molar-refractivity contribution in [2.24, 2.45) is 0 Å². The van der Waals surface area contributed by atoms with Gasteiger partial charge in [-0.15, -0.1) is 0 Å². The zero-order valence-corrected chi connectivity index (χ0v) is 11.8. The Hall–Kier alpha value is -2.50. The van der Waals surface area contributed by atoms with Gasteiger partial charge in [0.05, 0.1) is 13.5 Å². The predicted octanol–water partition coefficient (Wildman–Crippen LogP) is 1.70. The first-order valence-corrected chi connectivity index (χ1v) is 6.73. The number of aliphatic carboxylic acids is 1. The Morgan fingerprint density at radius 3 is 2.90 bits per heavy atom. The summed E-state index contributed by atoms with van der Waals surface area (Å²) in [5, 5.41) is 12.2. The van der Waals surface area contributed by atoms with E-state index in [4.69, 9.17) is 9.84 Å². The van der Waals surface area contributed by atoms with E-state index >= 15 is 0 Å². The van der Waals surface area contributed by atoms with Gasteiger partial charge in [-0.05, 0) is 24.1 Å². The molecule has 3 N–H and O–H groups in total. The molecule has 6 nitrogen and oxygen atoms in total. The van der Waals surface area contributed by atoms with Crippen molar-refractivity contribution in [2.75, 3.05) is 13.7 Å². The average Bonchev–Trinajstić information content (AvgIpc) is 2.86. The lowest BCUT2D eigenvalue weighted by atomic mass is 10.1. The summed E-state index contributed by atoms with van der Waals surface area (Å²) in [5.74, 6) is -0.264. The molecule has 1 aromatic heterocycles. The predicted molar refractivity (Wildman–Crippen MR) is 78.4 cm³/mol. The first-order chi connectivity index (χ1) is 10.1. The molecular formula is C15H18N2O4. The molecule has 0 spiro atoms. The van der Waals surface area contributed by atoms with E-state index in [1.165, 1.54) is 0 Å². The highest BCUT2D eigenvalue weighted by Gasteiger charge is 2.12. The summed E-state index contributed by atoms with van der Waals surface area (Å²) in [7, 11) is 1.59. The number of methoxy groups -OCH3 is 1. The quantitative estimate of drug-likeness (QED) is 0.677. The van der Waals surface area contributed by atoms with Gasteiger partial charge in [0.2, 0.25) is 5.91 Å². The first kappa shape index (κ1) is 14.9. The maximum absolute atomic E-state index is 11.9. The Bertz CT molecular complexity index is 648. The maximum atomic E-state index is 11.9. The van der Waals surface area contributed by atoms with Crippen molar-refractivity contribution in [1.82, 2.24) is 10.3 Å². The highest BCUT2D eigenvalue weighted by Crippen LogP contribution is 2.28. The average molecular weight is 290 g/mol. The Kier molecular flexibility index (Phi) is 4.81. The van der Waals surface area contributed by atoms with E-state index in [0.29, 0.717) is 13.0 Å². The van der Waals surface area contributed by atoms with Crippen molar-refractivity contribution in [3.8, 4) is 5.75 Å². The Morgan fingerprint density at radius 1 is 1.38 bits per heavy atom. The standard InChI is InChI=1S/C15H18N2O4/c1-21-12-5-2-4-11-15(12)10(9-17-11)8-13(18)16-7-3-6-14(19)20/h2,4-5,9,17H,3,6-8H2,1H3,(H,16,18)(H,19,20). The second-order valence-electron chi connectivity index (χ2n) is 4.72. The summed E-state index contributed by atoms with van der Waals surface area (Å²) in [6.07, 6.45) is 2.51. The minimum absolute atomic E-state index is 0.0567. The summed E-state index contributed by atoms with van der Waals surface area (Å²) >= 11 is 0. The SMILES string of the molecule is COc1cccc2[nH]cc(CC(=O)NCCCC(=O)O)c12. The fourth-order valence-corrected chi connectivity index (χ4v) is 2.23. The number of fused-ring (bicyclic) bond motifs is 1. The van der Waals surface area contributed by atoms with Crippen molar-refractivity contribution >= 4 is 22.8 Å². The summed E-state index contributed by atoms with van der Waals surface area (Å²) < 4.78 is 5.32. The largest absolute Gasteiger partial charge is 0.496 e. The van der Waals surface area contributed by atoms with Crippen molar-refractivity contribution in [1.29, 1.82) is 0 Å². The maximum Gasteiger partial charge on any atom is 0.303 e. The topological polar surface area (TPSA) is 91.4 Å². The molecule has 0 aliphatic heterocycles. The van der Waals surface area contributed by atoms with E-state index in [9.17, 15) is 9.59 Å². The van der Waals surface area contributed by atoms with Crippen LogP contribution in [0.5, 0.6) is 5.75 Å². The fraction of sp³-hybridized carbons (Fsp3) is 0.333. The van der Waals surface area contributed by atoms with Gasteiger partial charge in [-0.3, -0.25) is 9.59 Å². The second-order valence-corrected chi connectivity index (χ2v) is 4.72. The van der Waals surface area contributed by atoms with Gasteiger partial charge in [-0.1, -0.05) is 6.07 Å². The molecule has 0 atom stereocenters. The third-order valence-electron chi connectivity index (χ3n) is 3.21. The number of H-pyrrole nitrogens is 1. The number of aromatic amines is 1.